The fourth-order valence-corrected chi connectivity index (χ4v) is 3.94. The number of hydrogen-bond acceptors (Lipinski definition) is 4. The van der Waals surface area contributed by atoms with E-state index in [9.17, 15) is 9.90 Å². The van der Waals surface area contributed by atoms with Crippen molar-refractivity contribution in [2.45, 2.75) is 24.8 Å². The molecule has 2 aromatic carbocycles. The molecule has 1 atom stereocenters. The van der Waals surface area contributed by atoms with Crippen molar-refractivity contribution in [1.29, 1.82) is 0 Å². The minimum Gasteiger partial charge on any atom is -0.465 e. The molecule has 26 heavy (non-hydrogen) atoms. The number of benzene rings is 2. The summed E-state index contributed by atoms with van der Waals surface area (Å²) < 4.78 is 4.88. The highest BCUT2D eigenvalue weighted by molar-refractivity contribution is 9.08. The van der Waals surface area contributed by atoms with Crippen LogP contribution in [0.25, 0.3) is 10.8 Å². The van der Waals surface area contributed by atoms with Crippen molar-refractivity contribution in [3.8, 4) is 0 Å². The summed E-state index contributed by atoms with van der Waals surface area (Å²) in [6.07, 6.45) is 3.21. The molecule has 1 heterocycles. The van der Waals surface area contributed by atoms with Crippen molar-refractivity contribution >= 4 is 32.7 Å². The van der Waals surface area contributed by atoms with E-state index in [1.54, 1.807) is 18.6 Å². The van der Waals surface area contributed by atoms with Crippen LogP contribution in [0.4, 0.5) is 0 Å². The third-order valence-corrected chi connectivity index (χ3v) is 5.42. The number of aliphatic hydroxyl groups is 1. The SMILES string of the molecule is COC(=O)c1ccc2cc(C(O)(c3cnc[nH]3)C(C)C)ccc2c1CBr. The number of alkyl halides is 1. The molecule has 0 radical (unpaired) electrons. The molecule has 1 aromatic heterocycles. The fourth-order valence-electron chi connectivity index (χ4n) is 3.34. The zero-order chi connectivity index (χ0) is 18.9. The molecule has 0 saturated carbocycles. The quantitative estimate of drug-likeness (QED) is 0.484. The summed E-state index contributed by atoms with van der Waals surface area (Å²) in [7, 11) is 1.38. The van der Waals surface area contributed by atoms with Crippen molar-refractivity contribution in [2.75, 3.05) is 7.11 Å². The van der Waals surface area contributed by atoms with Gasteiger partial charge in [0.15, 0.2) is 0 Å². The molecule has 0 spiro atoms. The lowest BCUT2D eigenvalue weighted by Gasteiger charge is -2.32. The van der Waals surface area contributed by atoms with Crippen LogP contribution in [0.5, 0.6) is 0 Å². The van der Waals surface area contributed by atoms with Crippen molar-refractivity contribution < 1.29 is 14.6 Å². The number of nitrogens with one attached hydrogen (secondary N) is 1. The normalized spacial score (nSPS) is 13.8. The van der Waals surface area contributed by atoms with Gasteiger partial charge in [-0.25, -0.2) is 9.78 Å². The summed E-state index contributed by atoms with van der Waals surface area (Å²) in [5, 5.41) is 13.9. The molecule has 0 aliphatic carbocycles. The molecule has 0 saturated heterocycles. The largest absolute Gasteiger partial charge is 0.465 e. The summed E-state index contributed by atoms with van der Waals surface area (Å²) in [5.41, 5.74) is 1.66. The van der Waals surface area contributed by atoms with Crippen LogP contribution in [-0.4, -0.2) is 28.2 Å². The Morgan fingerprint density at radius 2 is 2.12 bits per heavy atom. The Balaban J connectivity index is 2.20. The number of hydrogen-bond donors (Lipinski definition) is 2. The summed E-state index contributed by atoms with van der Waals surface area (Å²) in [4.78, 5) is 19.1. The van der Waals surface area contributed by atoms with Crippen molar-refractivity contribution in [1.82, 2.24) is 9.97 Å². The number of methoxy groups -OCH3 is 1. The van der Waals surface area contributed by atoms with E-state index in [0.717, 1.165) is 21.9 Å². The van der Waals surface area contributed by atoms with Crippen LogP contribution in [-0.2, 0) is 15.7 Å². The number of aromatic nitrogens is 2. The maximum absolute atomic E-state index is 12.0. The van der Waals surface area contributed by atoms with Gasteiger partial charge < -0.3 is 14.8 Å². The van der Waals surface area contributed by atoms with Gasteiger partial charge in [0.2, 0.25) is 0 Å². The van der Waals surface area contributed by atoms with E-state index >= 15 is 0 Å². The Morgan fingerprint density at radius 3 is 2.69 bits per heavy atom. The average Bonchev–Trinajstić information content (AvgIpc) is 3.20. The first-order chi connectivity index (χ1) is 12.4. The van der Waals surface area contributed by atoms with Gasteiger partial charge in [0.05, 0.1) is 30.9 Å². The van der Waals surface area contributed by atoms with Gasteiger partial charge in [-0.3, -0.25) is 0 Å². The van der Waals surface area contributed by atoms with Gasteiger partial charge in [0.25, 0.3) is 0 Å². The fraction of sp³-hybridized carbons (Fsp3) is 0.300. The molecule has 5 nitrogen and oxygen atoms in total. The predicted octanol–water partition coefficient (Wildman–Crippen LogP) is 4.14. The molecule has 136 valence electrons. The standard InChI is InChI=1S/C20H21BrN2O3/c1-12(2)20(25,18-10-22-11-23-18)14-5-7-15-13(8-14)4-6-16(17(15)9-21)19(24)26-3/h4-8,10-12,25H,9H2,1-3H3,(H,22,23). The smallest absolute Gasteiger partial charge is 0.338 e. The second kappa shape index (κ2) is 7.21. The molecule has 0 amide bonds. The topological polar surface area (TPSA) is 75.2 Å². The van der Waals surface area contributed by atoms with Crippen LogP contribution in [0.1, 0.15) is 41.0 Å². The van der Waals surface area contributed by atoms with Crippen molar-refractivity contribution in [3.63, 3.8) is 0 Å². The van der Waals surface area contributed by atoms with Gasteiger partial charge in [0, 0.05) is 5.33 Å². The van der Waals surface area contributed by atoms with Gasteiger partial charge in [0.1, 0.15) is 5.60 Å². The Morgan fingerprint density at radius 1 is 1.35 bits per heavy atom. The van der Waals surface area contributed by atoms with E-state index < -0.39 is 5.60 Å². The molecule has 6 heteroatoms. The van der Waals surface area contributed by atoms with Crippen LogP contribution in [0.2, 0.25) is 0 Å². The van der Waals surface area contributed by atoms with Gasteiger partial charge in [-0.05, 0) is 39.9 Å². The number of esters is 1. The minimum absolute atomic E-state index is 0.0645. The molecule has 0 aliphatic heterocycles. The van der Waals surface area contributed by atoms with Crippen LogP contribution in [0, 0.1) is 5.92 Å². The first-order valence-corrected chi connectivity index (χ1v) is 9.47. The zero-order valence-corrected chi connectivity index (χ0v) is 16.5. The van der Waals surface area contributed by atoms with Gasteiger partial charge in [-0.15, -0.1) is 0 Å². The van der Waals surface area contributed by atoms with E-state index in [4.69, 9.17) is 4.74 Å². The maximum Gasteiger partial charge on any atom is 0.338 e. The third kappa shape index (κ3) is 2.93. The molecule has 0 bridgehead atoms. The third-order valence-electron chi connectivity index (χ3n) is 4.85. The number of rotatable bonds is 5. The van der Waals surface area contributed by atoms with E-state index in [0.29, 0.717) is 16.6 Å². The van der Waals surface area contributed by atoms with E-state index in [1.807, 2.05) is 38.1 Å². The Labute approximate surface area is 160 Å². The summed E-state index contributed by atoms with van der Waals surface area (Å²) in [5.74, 6) is -0.424. The number of nitrogens with zero attached hydrogens (tertiary/aromatic N) is 1. The number of carbonyl (C=O) groups excluding carboxylic acids is 1. The summed E-state index contributed by atoms with van der Waals surface area (Å²) in [6, 6.07) is 9.45. The monoisotopic (exact) mass is 416 g/mol. The highest BCUT2D eigenvalue weighted by Gasteiger charge is 2.36. The molecule has 3 aromatic rings. The number of carbonyl (C=O) groups is 1. The molecular formula is C20H21BrN2O3. The van der Waals surface area contributed by atoms with E-state index in [-0.39, 0.29) is 11.9 Å². The molecule has 2 N–H and O–H groups in total. The minimum atomic E-state index is -1.18. The van der Waals surface area contributed by atoms with Crippen LogP contribution < -0.4 is 0 Å². The molecular weight excluding hydrogens is 396 g/mol. The Bertz CT molecular complexity index is 938. The number of fused-ring (bicyclic) bond motifs is 1. The second-order valence-corrected chi connectivity index (χ2v) is 7.10. The lowest BCUT2D eigenvalue weighted by atomic mass is 9.80. The average molecular weight is 417 g/mol. The summed E-state index contributed by atoms with van der Waals surface area (Å²) >= 11 is 3.47. The number of imidazole rings is 1. The van der Waals surface area contributed by atoms with Crippen molar-refractivity contribution in [2.24, 2.45) is 5.92 Å². The molecule has 0 aliphatic rings. The van der Waals surface area contributed by atoms with Crippen LogP contribution in [0.15, 0.2) is 42.9 Å². The molecule has 0 fully saturated rings. The second-order valence-electron chi connectivity index (χ2n) is 6.54. The maximum atomic E-state index is 12.0. The number of H-pyrrole nitrogens is 1. The predicted molar refractivity (Wildman–Crippen MR) is 104 cm³/mol. The number of ether oxygens (including phenoxy) is 1. The number of aromatic amines is 1. The van der Waals surface area contributed by atoms with E-state index in [2.05, 4.69) is 25.9 Å². The summed E-state index contributed by atoms with van der Waals surface area (Å²) in [6.45, 7) is 3.94. The van der Waals surface area contributed by atoms with Gasteiger partial charge in [-0.2, -0.15) is 0 Å². The Hall–Kier alpha value is -2.18. The highest BCUT2D eigenvalue weighted by atomic mass is 79.9. The lowest BCUT2D eigenvalue weighted by Crippen LogP contribution is -2.33. The van der Waals surface area contributed by atoms with E-state index in [1.165, 1.54) is 7.11 Å². The highest BCUT2D eigenvalue weighted by Crippen LogP contribution is 2.37. The van der Waals surface area contributed by atoms with Gasteiger partial charge in [-0.1, -0.05) is 48.0 Å². The zero-order valence-electron chi connectivity index (χ0n) is 14.9. The molecule has 1 unspecified atom stereocenters. The number of halogens is 1. The molecule has 3 rings (SSSR count). The van der Waals surface area contributed by atoms with Crippen molar-refractivity contribution in [3.05, 3.63) is 65.2 Å². The van der Waals surface area contributed by atoms with Crippen LogP contribution in [0.3, 0.4) is 0 Å². The first kappa shape index (κ1) is 18.6. The van der Waals surface area contributed by atoms with Gasteiger partial charge >= 0.3 is 5.97 Å². The lowest BCUT2D eigenvalue weighted by molar-refractivity contribution is 0.0280. The first-order valence-electron chi connectivity index (χ1n) is 8.35. The van der Waals surface area contributed by atoms with Crippen LogP contribution >= 0.6 is 15.9 Å². The Kier molecular flexibility index (Phi) is 5.16.